The Kier molecular flexibility index (Phi) is 5.29. The zero-order valence-corrected chi connectivity index (χ0v) is 6.72. The second-order valence-corrected chi connectivity index (χ2v) is 2.57. The van der Waals surface area contributed by atoms with Crippen LogP contribution in [0, 0.1) is 0 Å². The fourth-order valence-electron chi connectivity index (χ4n) is 0.600. The van der Waals surface area contributed by atoms with Crippen LogP contribution in [0.15, 0.2) is 11.0 Å². The zero-order valence-electron chi connectivity index (χ0n) is 5.90. The van der Waals surface area contributed by atoms with E-state index in [1.165, 1.54) is 17.7 Å². The summed E-state index contributed by atoms with van der Waals surface area (Å²) in [5.74, 6) is 0. The number of hydrogen-bond donors (Lipinski definition) is 0. The highest BCUT2D eigenvalue weighted by atomic mass is 32.2. The van der Waals surface area contributed by atoms with E-state index in [1.807, 2.05) is 11.8 Å². The Morgan fingerprint density at radius 2 is 2.12 bits per heavy atom. The lowest BCUT2D eigenvalue weighted by Gasteiger charge is -1.95. The molecule has 0 spiro atoms. The van der Waals surface area contributed by atoms with Gasteiger partial charge < -0.3 is 0 Å². The van der Waals surface area contributed by atoms with Gasteiger partial charge in [-0.05, 0) is 24.0 Å². The summed E-state index contributed by atoms with van der Waals surface area (Å²) in [6, 6.07) is 0. The summed E-state index contributed by atoms with van der Waals surface area (Å²) in [7, 11) is 0. The molecule has 48 valence electrons. The summed E-state index contributed by atoms with van der Waals surface area (Å²) in [6.07, 6.45) is 6.77. The Balaban J connectivity index is 3.49. The monoisotopic (exact) mass is 130 g/mol. The molecule has 0 aromatic rings. The van der Waals surface area contributed by atoms with Crippen LogP contribution in [0.4, 0.5) is 0 Å². The lowest BCUT2D eigenvalue weighted by Crippen LogP contribution is -1.69. The molecule has 0 amide bonds. The van der Waals surface area contributed by atoms with Crippen molar-refractivity contribution in [1.29, 1.82) is 0 Å². The number of thioether (sulfide) groups is 1. The number of allylic oxidation sites excluding steroid dienone is 2. The highest BCUT2D eigenvalue weighted by Gasteiger charge is 1.85. The third-order valence-electron chi connectivity index (χ3n) is 1.04. The van der Waals surface area contributed by atoms with Crippen molar-refractivity contribution in [3.63, 3.8) is 0 Å². The smallest absolute Gasteiger partial charge is 0.0140 e. The van der Waals surface area contributed by atoms with Crippen LogP contribution in [0.3, 0.4) is 0 Å². The van der Waals surface area contributed by atoms with Crippen LogP contribution in [0.1, 0.15) is 26.7 Å². The van der Waals surface area contributed by atoms with Gasteiger partial charge in [-0.2, -0.15) is 0 Å². The average Bonchev–Trinajstić information content (AvgIpc) is 1.83. The summed E-state index contributed by atoms with van der Waals surface area (Å²) < 4.78 is 0. The molecule has 0 aliphatic rings. The second-order valence-electron chi connectivity index (χ2n) is 1.64. The van der Waals surface area contributed by atoms with E-state index in [0.717, 1.165) is 0 Å². The van der Waals surface area contributed by atoms with Crippen LogP contribution in [0.25, 0.3) is 0 Å². The van der Waals surface area contributed by atoms with Crippen LogP contribution in [-0.4, -0.2) is 6.26 Å². The Labute approximate surface area is 56.4 Å². The molecule has 0 nitrogen and oxygen atoms in total. The molecular formula is C7H14S. The van der Waals surface area contributed by atoms with Gasteiger partial charge in [0.05, 0.1) is 0 Å². The van der Waals surface area contributed by atoms with E-state index < -0.39 is 0 Å². The molecule has 0 saturated carbocycles. The fourth-order valence-corrected chi connectivity index (χ4v) is 1.22. The Morgan fingerprint density at radius 1 is 1.50 bits per heavy atom. The molecular weight excluding hydrogens is 116 g/mol. The Morgan fingerprint density at radius 3 is 2.25 bits per heavy atom. The molecule has 0 saturated heterocycles. The molecule has 0 atom stereocenters. The quantitative estimate of drug-likeness (QED) is 0.566. The maximum atomic E-state index is 2.28. The van der Waals surface area contributed by atoms with Crippen LogP contribution < -0.4 is 0 Å². The first-order valence-corrected chi connectivity index (χ1v) is 4.30. The van der Waals surface area contributed by atoms with Gasteiger partial charge >= 0.3 is 0 Å². The summed E-state index contributed by atoms with van der Waals surface area (Å²) in [5.41, 5.74) is 0. The first-order chi connectivity index (χ1) is 3.85. The van der Waals surface area contributed by atoms with Gasteiger partial charge in [0.15, 0.2) is 0 Å². The van der Waals surface area contributed by atoms with Gasteiger partial charge in [-0.15, -0.1) is 11.8 Å². The third kappa shape index (κ3) is 3.14. The second kappa shape index (κ2) is 5.23. The van der Waals surface area contributed by atoms with Gasteiger partial charge in [0.1, 0.15) is 0 Å². The van der Waals surface area contributed by atoms with Gasteiger partial charge in [0.25, 0.3) is 0 Å². The molecule has 0 aliphatic carbocycles. The SMILES string of the molecule is CC/C=C(/CC)SC. The van der Waals surface area contributed by atoms with Crippen molar-refractivity contribution >= 4 is 11.8 Å². The molecule has 0 radical (unpaired) electrons. The van der Waals surface area contributed by atoms with Gasteiger partial charge in [0, 0.05) is 0 Å². The lowest BCUT2D eigenvalue weighted by atomic mass is 10.3. The third-order valence-corrected chi connectivity index (χ3v) is 2.02. The molecule has 0 fully saturated rings. The van der Waals surface area contributed by atoms with Crippen LogP contribution in [0.5, 0.6) is 0 Å². The molecule has 0 aromatic carbocycles. The molecule has 0 aliphatic heterocycles. The van der Waals surface area contributed by atoms with Gasteiger partial charge in [-0.1, -0.05) is 19.9 Å². The molecule has 8 heavy (non-hydrogen) atoms. The predicted octanol–water partition coefficient (Wildman–Crippen LogP) is 3.05. The highest BCUT2D eigenvalue weighted by Crippen LogP contribution is 2.14. The number of hydrogen-bond acceptors (Lipinski definition) is 1. The standard InChI is InChI=1S/C7H14S/c1-4-6-7(5-2)8-3/h6H,4-5H2,1-3H3/b7-6-. The number of rotatable bonds is 3. The minimum absolute atomic E-state index is 1.17. The zero-order chi connectivity index (χ0) is 6.41. The lowest BCUT2D eigenvalue weighted by molar-refractivity contribution is 1.14. The molecule has 1 heteroatoms. The highest BCUT2D eigenvalue weighted by molar-refractivity contribution is 8.02. The van der Waals surface area contributed by atoms with Crippen molar-refractivity contribution < 1.29 is 0 Å². The van der Waals surface area contributed by atoms with Crippen molar-refractivity contribution in [2.45, 2.75) is 26.7 Å². The first kappa shape index (κ1) is 8.09. The van der Waals surface area contributed by atoms with Crippen LogP contribution in [-0.2, 0) is 0 Å². The normalized spacial score (nSPS) is 12.1. The largest absolute Gasteiger partial charge is 0.134 e. The summed E-state index contributed by atoms with van der Waals surface area (Å²) in [4.78, 5) is 1.51. The molecule has 0 bridgehead atoms. The minimum Gasteiger partial charge on any atom is -0.134 e. The molecule has 0 rings (SSSR count). The minimum atomic E-state index is 1.17. The van der Waals surface area contributed by atoms with Gasteiger partial charge in [-0.25, -0.2) is 0 Å². The Hall–Kier alpha value is 0.0900. The maximum Gasteiger partial charge on any atom is -0.0140 e. The van der Waals surface area contributed by atoms with Crippen LogP contribution >= 0.6 is 11.8 Å². The summed E-state index contributed by atoms with van der Waals surface area (Å²) >= 11 is 1.86. The van der Waals surface area contributed by atoms with Crippen molar-refractivity contribution in [2.75, 3.05) is 6.26 Å². The molecule has 0 aromatic heterocycles. The molecule has 0 unspecified atom stereocenters. The van der Waals surface area contributed by atoms with E-state index in [1.54, 1.807) is 0 Å². The van der Waals surface area contributed by atoms with E-state index in [2.05, 4.69) is 26.2 Å². The molecule has 0 heterocycles. The molecule has 0 N–H and O–H groups in total. The van der Waals surface area contributed by atoms with Crippen molar-refractivity contribution in [3.05, 3.63) is 11.0 Å². The topological polar surface area (TPSA) is 0 Å². The van der Waals surface area contributed by atoms with Gasteiger partial charge in [-0.3, -0.25) is 0 Å². The summed E-state index contributed by atoms with van der Waals surface area (Å²) in [5, 5.41) is 0. The average molecular weight is 130 g/mol. The van der Waals surface area contributed by atoms with E-state index in [0.29, 0.717) is 0 Å². The van der Waals surface area contributed by atoms with Gasteiger partial charge in [0.2, 0.25) is 0 Å². The van der Waals surface area contributed by atoms with E-state index in [9.17, 15) is 0 Å². The first-order valence-electron chi connectivity index (χ1n) is 3.08. The van der Waals surface area contributed by atoms with Crippen LogP contribution in [0.2, 0.25) is 0 Å². The predicted molar refractivity (Wildman–Crippen MR) is 42.2 cm³/mol. The van der Waals surface area contributed by atoms with E-state index >= 15 is 0 Å². The van der Waals surface area contributed by atoms with Crippen molar-refractivity contribution in [3.8, 4) is 0 Å². The van der Waals surface area contributed by atoms with E-state index in [4.69, 9.17) is 0 Å². The fraction of sp³-hybridized carbons (Fsp3) is 0.714. The van der Waals surface area contributed by atoms with E-state index in [-0.39, 0.29) is 0 Å². The maximum absolute atomic E-state index is 2.28. The van der Waals surface area contributed by atoms with Crippen molar-refractivity contribution in [1.82, 2.24) is 0 Å². The Bertz CT molecular complexity index is 68.5. The van der Waals surface area contributed by atoms with Crippen molar-refractivity contribution in [2.24, 2.45) is 0 Å². The summed E-state index contributed by atoms with van der Waals surface area (Å²) in [6.45, 7) is 4.36.